The van der Waals surface area contributed by atoms with Gasteiger partial charge in [-0.3, -0.25) is 4.98 Å². The summed E-state index contributed by atoms with van der Waals surface area (Å²) < 4.78 is 5.64. The largest absolute Gasteiger partial charge is 0.496 e. The molecule has 0 amide bonds. The monoisotopic (exact) mass is 387 g/mol. The van der Waals surface area contributed by atoms with Gasteiger partial charge < -0.3 is 15.4 Å². The summed E-state index contributed by atoms with van der Waals surface area (Å²) in [6.45, 7) is 3.85. The van der Waals surface area contributed by atoms with Crippen LogP contribution in [0, 0.1) is 6.92 Å². The molecule has 4 nitrogen and oxygen atoms in total. The van der Waals surface area contributed by atoms with Gasteiger partial charge in [0.2, 0.25) is 0 Å². The van der Waals surface area contributed by atoms with Gasteiger partial charge in [-0.2, -0.15) is 0 Å². The van der Waals surface area contributed by atoms with Crippen molar-refractivity contribution in [1.82, 2.24) is 15.6 Å². The van der Waals surface area contributed by atoms with Crippen molar-refractivity contribution < 1.29 is 4.74 Å². The normalized spacial score (nSPS) is 19.1. The number of ether oxygens (including phenoxy) is 1. The molecule has 1 aliphatic rings. The van der Waals surface area contributed by atoms with Gasteiger partial charge in [0.05, 0.1) is 12.8 Å². The van der Waals surface area contributed by atoms with Crippen LogP contribution in [0.1, 0.15) is 35.7 Å². The number of benzene rings is 2. The van der Waals surface area contributed by atoms with Crippen LogP contribution >= 0.6 is 0 Å². The molecule has 1 aliphatic heterocycles. The van der Waals surface area contributed by atoms with Crippen molar-refractivity contribution in [3.05, 3.63) is 83.6 Å². The minimum absolute atomic E-state index is 0.331. The average Bonchev–Trinajstić information content (AvgIpc) is 2.78. The molecule has 2 aromatic carbocycles. The maximum absolute atomic E-state index is 5.64. The molecule has 150 valence electrons. The molecule has 0 bridgehead atoms. The Kier molecular flexibility index (Phi) is 6.23. The Bertz CT molecular complexity index is 942. The number of aryl methyl sites for hydroxylation is 1. The summed E-state index contributed by atoms with van der Waals surface area (Å²) in [5.41, 5.74) is 5.64. The molecule has 2 heterocycles. The Labute approximate surface area is 173 Å². The summed E-state index contributed by atoms with van der Waals surface area (Å²) in [5.74, 6) is 0.911. The standard InChI is InChI=1S/C25H29N3O/c1-18-8-6-11-22(28-18)20-13-14-24(29-2)21(16-20)17-27-23-12-7-15-26-25(23)19-9-4-3-5-10-19/h3-6,8-11,13-14,16,23,25-27H,7,12,15,17H2,1-2H3. The number of aromatic nitrogens is 1. The summed E-state index contributed by atoms with van der Waals surface area (Å²) >= 11 is 0. The van der Waals surface area contributed by atoms with Crippen LogP contribution in [0.25, 0.3) is 11.3 Å². The van der Waals surface area contributed by atoms with Gasteiger partial charge in [-0.25, -0.2) is 0 Å². The number of nitrogens with one attached hydrogen (secondary N) is 2. The second-order valence-corrected chi connectivity index (χ2v) is 7.66. The van der Waals surface area contributed by atoms with Crippen LogP contribution in [0.3, 0.4) is 0 Å². The molecule has 2 unspecified atom stereocenters. The predicted octanol–water partition coefficient (Wildman–Crippen LogP) is 4.65. The molecule has 2 N–H and O–H groups in total. The lowest BCUT2D eigenvalue weighted by atomic mass is 9.92. The van der Waals surface area contributed by atoms with Crippen LogP contribution in [-0.2, 0) is 6.54 Å². The third kappa shape index (κ3) is 4.66. The molecule has 0 radical (unpaired) electrons. The van der Waals surface area contributed by atoms with Crippen molar-refractivity contribution in [2.75, 3.05) is 13.7 Å². The summed E-state index contributed by atoms with van der Waals surface area (Å²) in [5, 5.41) is 7.48. The maximum Gasteiger partial charge on any atom is 0.123 e. The number of methoxy groups -OCH3 is 1. The highest BCUT2D eigenvalue weighted by molar-refractivity contribution is 5.62. The lowest BCUT2D eigenvalue weighted by Gasteiger charge is -2.34. The summed E-state index contributed by atoms with van der Waals surface area (Å²) in [6.07, 6.45) is 2.35. The molecule has 4 heteroatoms. The molecular weight excluding hydrogens is 358 g/mol. The number of hydrogen-bond acceptors (Lipinski definition) is 4. The highest BCUT2D eigenvalue weighted by atomic mass is 16.5. The first-order valence-corrected chi connectivity index (χ1v) is 10.4. The smallest absolute Gasteiger partial charge is 0.123 e. The lowest BCUT2D eigenvalue weighted by molar-refractivity contribution is 0.303. The molecule has 1 fully saturated rings. The zero-order chi connectivity index (χ0) is 20.1. The van der Waals surface area contributed by atoms with Crippen molar-refractivity contribution in [3.63, 3.8) is 0 Å². The first-order chi connectivity index (χ1) is 14.2. The summed E-state index contributed by atoms with van der Waals surface area (Å²) in [6, 6.07) is 23.9. The van der Waals surface area contributed by atoms with Crippen LogP contribution in [0.2, 0.25) is 0 Å². The van der Waals surface area contributed by atoms with Crippen molar-refractivity contribution in [3.8, 4) is 17.0 Å². The minimum Gasteiger partial charge on any atom is -0.496 e. The van der Waals surface area contributed by atoms with E-state index >= 15 is 0 Å². The highest BCUT2D eigenvalue weighted by Gasteiger charge is 2.25. The molecule has 29 heavy (non-hydrogen) atoms. The topological polar surface area (TPSA) is 46.2 Å². The quantitative estimate of drug-likeness (QED) is 0.646. The van der Waals surface area contributed by atoms with Crippen LogP contribution in [-0.4, -0.2) is 24.7 Å². The van der Waals surface area contributed by atoms with Gasteiger partial charge in [0, 0.05) is 35.4 Å². The van der Waals surface area contributed by atoms with Gasteiger partial charge in [-0.1, -0.05) is 36.4 Å². The number of pyridine rings is 1. The number of piperidine rings is 1. The fourth-order valence-electron chi connectivity index (χ4n) is 4.14. The van der Waals surface area contributed by atoms with E-state index in [2.05, 4.69) is 70.2 Å². The van der Waals surface area contributed by atoms with Crippen LogP contribution in [0.15, 0.2) is 66.7 Å². The third-order valence-electron chi connectivity index (χ3n) is 5.64. The Balaban J connectivity index is 1.54. The van der Waals surface area contributed by atoms with E-state index in [1.54, 1.807) is 7.11 Å². The van der Waals surface area contributed by atoms with E-state index in [1.807, 2.05) is 19.1 Å². The Morgan fingerprint density at radius 1 is 1.07 bits per heavy atom. The maximum atomic E-state index is 5.64. The van der Waals surface area contributed by atoms with Gasteiger partial charge in [0.15, 0.2) is 0 Å². The fourth-order valence-corrected chi connectivity index (χ4v) is 4.14. The molecule has 0 spiro atoms. The van der Waals surface area contributed by atoms with E-state index in [9.17, 15) is 0 Å². The molecule has 3 aromatic rings. The zero-order valence-corrected chi connectivity index (χ0v) is 17.2. The van der Waals surface area contributed by atoms with E-state index in [1.165, 1.54) is 12.0 Å². The zero-order valence-electron chi connectivity index (χ0n) is 17.2. The minimum atomic E-state index is 0.331. The van der Waals surface area contributed by atoms with Crippen LogP contribution in [0.5, 0.6) is 5.75 Å². The SMILES string of the molecule is COc1ccc(-c2cccc(C)n2)cc1CNC1CCCNC1c1ccccc1. The van der Waals surface area contributed by atoms with Gasteiger partial charge in [0.25, 0.3) is 0 Å². The van der Waals surface area contributed by atoms with E-state index in [-0.39, 0.29) is 0 Å². The molecule has 4 rings (SSSR count). The second kappa shape index (κ2) is 9.21. The Morgan fingerprint density at radius 2 is 1.93 bits per heavy atom. The molecule has 1 saturated heterocycles. The molecule has 1 aromatic heterocycles. The van der Waals surface area contributed by atoms with Gasteiger partial charge in [0.1, 0.15) is 5.75 Å². The highest BCUT2D eigenvalue weighted by Crippen LogP contribution is 2.28. The van der Waals surface area contributed by atoms with Crippen molar-refractivity contribution in [2.45, 2.75) is 38.4 Å². The number of rotatable bonds is 6. The third-order valence-corrected chi connectivity index (χ3v) is 5.64. The van der Waals surface area contributed by atoms with E-state index < -0.39 is 0 Å². The number of hydrogen-bond donors (Lipinski definition) is 2. The molecule has 0 aliphatic carbocycles. The van der Waals surface area contributed by atoms with Gasteiger partial charge in [-0.05, 0) is 62.2 Å². The van der Waals surface area contributed by atoms with Crippen LogP contribution in [0.4, 0.5) is 0 Å². The Hall–Kier alpha value is -2.69. The molecule has 2 atom stereocenters. The first kappa shape index (κ1) is 19.6. The van der Waals surface area contributed by atoms with Gasteiger partial charge >= 0.3 is 0 Å². The first-order valence-electron chi connectivity index (χ1n) is 10.4. The summed E-state index contributed by atoms with van der Waals surface area (Å²) in [7, 11) is 1.73. The van der Waals surface area contributed by atoms with E-state index in [4.69, 9.17) is 4.74 Å². The van der Waals surface area contributed by atoms with Crippen molar-refractivity contribution >= 4 is 0 Å². The van der Waals surface area contributed by atoms with Crippen molar-refractivity contribution in [2.24, 2.45) is 0 Å². The molecule has 0 saturated carbocycles. The second-order valence-electron chi connectivity index (χ2n) is 7.66. The predicted molar refractivity (Wildman–Crippen MR) is 118 cm³/mol. The summed E-state index contributed by atoms with van der Waals surface area (Å²) in [4.78, 5) is 4.67. The average molecular weight is 388 g/mol. The Morgan fingerprint density at radius 3 is 2.72 bits per heavy atom. The fraction of sp³-hybridized carbons (Fsp3) is 0.320. The van der Waals surface area contributed by atoms with E-state index in [0.29, 0.717) is 12.1 Å². The lowest BCUT2D eigenvalue weighted by Crippen LogP contribution is -2.45. The molecular formula is C25H29N3O. The number of nitrogens with zero attached hydrogens (tertiary/aromatic N) is 1. The van der Waals surface area contributed by atoms with Gasteiger partial charge in [-0.15, -0.1) is 0 Å². The van der Waals surface area contributed by atoms with E-state index in [0.717, 1.165) is 47.8 Å². The van der Waals surface area contributed by atoms with Crippen molar-refractivity contribution in [1.29, 1.82) is 0 Å². The van der Waals surface area contributed by atoms with Crippen LogP contribution < -0.4 is 15.4 Å².